The van der Waals surface area contributed by atoms with E-state index >= 15 is 0 Å². The molecular weight excluding hydrogens is 443 g/mol. The van der Waals surface area contributed by atoms with Gasteiger partial charge in [-0.05, 0) is 62.7 Å². The molecule has 0 fully saturated rings. The Morgan fingerprint density at radius 2 is 1.74 bits per heavy atom. The van der Waals surface area contributed by atoms with Crippen molar-refractivity contribution in [2.45, 2.75) is 20.8 Å². The Balaban J connectivity index is 1.54. The highest BCUT2D eigenvalue weighted by molar-refractivity contribution is 5.97. The van der Waals surface area contributed by atoms with Crippen LogP contribution in [0.5, 0.6) is 5.75 Å². The minimum Gasteiger partial charge on any atom is -0.495 e. The number of carbonyl (C=O) groups excluding carboxylic acids is 3. The third-order valence-electron chi connectivity index (χ3n) is 4.98. The van der Waals surface area contributed by atoms with Crippen LogP contribution in [-0.4, -0.2) is 47.8 Å². The van der Waals surface area contributed by atoms with E-state index < -0.39 is 24.4 Å². The number of hydrogen-bond donors (Lipinski definition) is 2. The van der Waals surface area contributed by atoms with Gasteiger partial charge in [-0.25, -0.2) is 13.9 Å². The van der Waals surface area contributed by atoms with Gasteiger partial charge in [0, 0.05) is 0 Å². The van der Waals surface area contributed by atoms with Crippen molar-refractivity contribution in [1.29, 1.82) is 0 Å². The van der Waals surface area contributed by atoms with Gasteiger partial charge in [0.05, 0.1) is 36.4 Å². The van der Waals surface area contributed by atoms with Crippen LogP contribution >= 0.6 is 0 Å². The maximum absolute atomic E-state index is 13.2. The monoisotopic (exact) mass is 468 g/mol. The molecule has 0 saturated heterocycles. The smallest absolute Gasteiger partial charge is 0.342 e. The standard InChI is InChI=1S/C24H25FN4O5/c1-14-5-10-20(33-4)19(11-14)27-21(30)12-26-22(31)13-34-24(32)23-15(2)28-29(16(23)3)18-8-6-17(25)7-9-18/h5-11H,12-13H2,1-4H3,(H,26,31)(H,27,30). The zero-order valence-corrected chi connectivity index (χ0v) is 19.3. The van der Waals surface area contributed by atoms with Crippen molar-refractivity contribution in [3.63, 3.8) is 0 Å². The number of hydrogen-bond acceptors (Lipinski definition) is 6. The van der Waals surface area contributed by atoms with Crippen molar-refractivity contribution in [3.8, 4) is 11.4 Å². The summed E-state index contributed by atoms with van der Waals surface area (Å²) < 4.78 is 25.0. The highest BCUT2D eigenvalue weighted by Gasteiger charge is 2.22. The summed E-state index contributed by atoms with van der Waals surface area (Å²) in [6.07, 6.45) is 0. The maximum Gasteiger partial charge on any atom is 0.342 e. The summed E-state index contributed by atoms with van der Waals surface area (Å²) in [7, 11) is 1.49. The van der Waals surface area contributed by atoms with Gasteiger partial charge in [0.15, 0.2) is 6.61 Å². The Morgan fingerprint density at radius 3 is 2.41 bits per heavy atom. The average molecular weight is 468 g/mol. The molecule has 0 aliphatic carbocycles. The zero-order chi connectivity index (χ0) is 24.8. The van der Waals surface area contributed by atoms with Crippen molar-refractivity contribution < 1.29 is 28.2 Å². The lowest BCUT2D eigenvalue weighted by atomic mass is 10.2. The molecule has 0 spiro atoms. The summed E-state index contributed by atoms with van der Waals surface area (Å²) in [4.78, 5) is 36.8. The average Bonchev–Trinajstić information content (AvgIpc) is 3.10. The van der Waals surface area contributed by atoms with E-state index in [1.165, 1.54) is 36.1 Å². The number of rotatable bonds is 8. The number of halogens is 1. The molecule has 1 heterocycles. The predicted octanol–water partition coefficient (Wildman–Crippen LogP) is 2.86. The van der Waals surface area contributed by atoms with Crippen LogP contribution in [0.1, 0.15) is 27.3 Å². The number of anilines is 1. The van der Waals surface area contributed by atoms with Crippen LogP contribution in [0.3, 0.4) is 0 Å². The molecular formula is C24H25FN4O5. The van der Waals surface area contributed by atoms with Crippen molar-refractivity contribution in [2.75, 3.05) is 25.6 Å². The second-order valence-electron chi connectivity index (χ2n) is 7.54. The fourth-order valence-electron chi connectivity index (χ4n) is 3.32. The molecule has 1 aromatic heterocycles. The van der Waals surface area contributed by atoms with Gasteiger partial charge in [-0.15, -0.1) is 0 Å². The molecule has 0 saturated carbocycles. The molecule has 3 aromatic rings. The SMILES string of the molecule is COc1ccc(C)cc1NC(=O)CNC(=O)COC(=O)c1c(C)nn(-c2ccc(F)cc2)c1C. The van der Waals surface area contributed by atoms with Crippen LogP contribution in [0.4, 0.5) is 10.1 Å². The van der Waals surface area contributed by atoms with Crippen LogP contribution in [0.25, 0.3) is 5.69 Å². The van der Waals surface area contributed by atoms with E-state index in [2.05, 4.69) is 15.7 Å². The molecule has 10 heteroatoms. The first-order chi connectivity index (χ1) is 16.2. The Labute approximate surface area is 195 Å². The molecule has 0 aliphatic rings. The molecule has 9 nitrogen and oxygen atoms in total. The number of nitrogens with one attached hydrogen (secondary N) is 2. The number of aryl methyl sites for hydroxylation is 2. The minimum absolute atomic E-state index is 0.210. The summed E-state index contributed by atoms with van der Waals surface area (Å²) in [5.41, 5.74) is 3.09. The maximum atomic E-state index is 13.2. The van der Waals surface area contributed by atoms with Gasteiger partial charge in [-0.1, -0.05) is 6.07 Å². The number of benzene rings is 2. The number of amides is 2. The first-order valence-corrected chi connectivity index (χ1v) is 10.4. The highest BCUT2D eigenvalue weighted by atomic mass is 19.1. The van der Waals surface area contributed by atoms with E-state index in [0.29, 0.717) is 28.5 Å². The number of esters is 1. The van der Waals surface area contributed by atoms with E-state index in [1.807, 2.05) is 13.0 Å². The van der Waals surface area contributed by atoms with E-state index in [1.54, 1.807) is 26.0 Å². The molecule has 2 aromatic carbocycles. The molecule has 3 rings (SSSR count). The van der Waals surface area contributed by atoms with E-state index in [-0.39, 0.29) is 17.9 Å². The fourth-order valence-corrected chi connectivity index (χ4v) is 3.32. The van der Waals surface area contributed by atoms with Gasteiger partial charge in [0.2, 0.25) is 5.91 Å². The molecule has 0 unspecified atom stereocenters. The lowest BCUT2D eigenvalue weighted by Gasteiger charge is -2.11. The number of carbonyl (C=O) groups is 3. The lowest BCUT2D eigenvalue weighted by Crippen LogP contribution is -2.35. The quantitative estimate of drug-likeness (QED) is 0.492. The van der Waals surface area contributed by atoms with Gasteiger partial charge < -0.3 is 20.1 Å². The van der Waals surface area contributed by atoms with Crippen LogP contribution in [0.2, 0.25) is 0 Å². The van der Waals surface area contributed by atoms with E-state index in [0.717, 1.165) is 5.56 Å². The molecule has 34 heavy (non-hydrogen) atoms. The van der Waals surface area contributed by atoms with E-state index in [9.17, 15) is 18.8 Å². The first kappa shape index (κ1) is 24.4. The number of ether oxygens (including phenoxy) is 2. The third kappa shape index (κ3) is 5.77. The third-order valence-corrected chi connectivity index (χ3v) is 4.98. The highest BCUT2D eigenvalue weighted by Crippen LogP contribution is 2.25. The molecule has 2 N–H and O–H groups in total. The number of aromatic nitrogens is 2. The fraction of sp³-hybridized carbons (Fsp3) is 0.250. The van der Waals surface area contributed by atoms with Crippen LogP contribution in [0, 0.1) is 26.6 Å². The normalized spacial score (nSPS) is 10.5. The molecule has 178 valence electrons. The van der Waals surface area contributed by atoms with Gasteiger partial charge in [0.25, 0.3) is 5.91 Å². The van der Waals surface area contributed by atoms with E-state index in [4.69, 9.17) is 9.47 Å². The van der Waals surface area contributed by atoms with Gasteiger partial charge in [-0.3, -0.25) is 9.59 Å². The summed E-state index contributed by atoms with van der Waals surface area (Å²) >= 11 is 0. The van der Waals surface area contributed by atoms with Crippen molar-refractivity contribution in [3.05, 3.63) is 70.8 Å². The second kappa shape index (κ2) is 10.6. The Hall–Kier alpha value is -4.21. The largest absolute Gasteiger partial charge is 0.495 e. The van der Waals surface area contributed by atoms with Gasteiger partial charge in [0.1, 0.15) is 17.1 Å². The molecule has 0 aliphatic heterocycles. The Kier molecular flexibility index (Phi) is 7.62. The van der Waals surface area contributed by atoms with Crippen molar-refractivity contribution in [2.24, 2.45) is 0 Å². The summed E-state index contributed by atoms with van der Waals surface area (Å²) in [5.74, 6) is -1.72. The topological polar surface area (TPSA) is 112 Å². The molecule has 0 atom stereocenters. The van der Waals surface area contributed by atoms with Crippen LogP contribution in [0.15, 0.2) is 42.5 Å². The minimum atomic E-state index is -0.729. The molecule has 0 bridgehead atoms. The Bertz CT molecular complexity index is 1220. The second-order valence-corrected chi connectivity index (χ2v) is 7.54. The predicted molar refractivity (Wildman–Crippen MR) is 123 cm³/mol. The summed E-state index contributed by atoms with van der Waals surface area (Å²) in [6, 6.07) is 11.0. The lowest BCUT2D eigenvalue weighted by molar-refractivity contribution is -0.126. The van der Waals surface area contributed by atoms with Gasteiger partial charge in [-0.2, -0.15) is 5.10 Å². The first-order valence-electron chi connectivity index (χ1n) is 10.4. The van der Waals surface area contributed by atoms with Gasteiger partial charge >= 0.3 is 5.97 Å². The van der Waals surface area contributed by atoms with Crippen molar-refractivity contribution >= 4 is 23.5 Å². The summed E-state index contributed by atoms with van der Waals surface area (Å²) in [6.45, 7) is 4.30. The zero-order valence-electron chi connectivity index (χ0n) is 19.3. The van der Waals surface area contributed by atoms with Crippen LogP contribution in [-0.2, 0) is 14.3 Å². The van der Waals surface area contributed by atoms with Crippen molar-refractivity contribution in [1.82, 2.24) is 15.1 Å². The number of nitrogens with zero attached hydrogens (tertiary/aromatic N) is 2. The summed E-state index contributed by atoms with van der Waals surface area (Å²) in [5, 5.41) is 9.37. The molecule has 2 amide bonds. The number of methoxy groups -OCH3 is 1. The molecule has 0 radical (unpaired) electrons. The van der Waals surface area contributed by atoms with Crippen LogP contribution < -0.4 is 15.4 Å². The Morgan fingerprint density at radius 1 is 1.03 bits per heavy atom.